The molecule has 2 heterocycles. The van der Waals surface area contributed by atoms with Crippen LogP contribution in [0.25, 0.3) is 0 Å². The first-order chi connectivity index (χ1) is 10.9. The maximum atomic E-state index is 12.9. The van der Waals surface area contributed by atoms with Crippen molar-refractivity contribution in [3.8, 4) is 0 Å². The van der Waals surface area contributed by atoms with Gasteiger partial charge in [0.15, 0.2) is 0 Å². The molecule has 1 aromatic heterocycles. The summed E-state index contributed by atoms with van der Waals surface area (Å²) in [7, 11) is 3.78. The summed E-state index contributed by atoms with van der Waals surface area (Å²) in [6, 6.07) is -0.262. The van der Waals surface area contributed by atoms with E-state index in [1.165, 1.54) is 4.90 Å². The second-order valence-corrected chi connectivity index (χ2v) is 6.96. The summed E-state index contributed by atoms with van der Waals surface area (Å²) in [4.78, 5) is 28.6. The van der Waals surface area contributed by atoms with Crippen LogP contribution in [0.15, 0.2) is 12.4 Å². The summed E-state index contributed by atoms with van der Waals surface area (Å²) < 4.78 is 1.75. The van der Waals surface area contributed by atoms with Crippen LogP contribution in [-0.2, 0) is 18.4 Å². The Bertz CT molecular complexity index is 613. The number of rotatable bonds is 4. The minimum Gasteiger partial charge on any atom is -0.323 e. The molecule has 0 aromatic carbocycles. The third-order valence-corrected chi connectivity index (χ3v) is 5.10. The zero-order chi connectivity index (χ0) is 16.6. The van der Waals surface area contributed by atoms with Crippen LogP contribution in [-0.4, -0.2) is 50.8 Å². The highest BCUT2D eigenvalue weighted by Gasteiger charge is 2.54. The van der Waals surface area contributed by atoms with Crippen LogP contribution in [0.2, 0.25) is 0 Å². The Morgan fingerprint density at radius 1 is 1.43 bits per heavy atom. The fourth-order valence-corrected chi connectivity index (χ4v) is 3.78. The maximum absolute atomic E-state index is 12.9. The standard InChI is InChI=1S/C16H25N5O2/c1-12-6-4-5-7-16(12)14(22)21(15(23)18-16)11-19(2)9-13-8-17-20(3)10-13/h8,10,12H,4-7,9,11H2,1-3H3,(H,18,23). The molecule has 1 aliphatic carbocycles. The third kappa shape index (κ3) is 2.85. The molecule has 1 aromatic rings. The van der Waals surface area contributed by atoms with Crippen LogP contribution in [0.4, 0.5) is 4.79 Å². The molecular formula is C16H25N5O2. The number of nitrogens with one attached hydrogen (secondary N) is 1. The van der Waals surface area contributed by atoms with E-state index in [9.17, 15) is 9.59 Å². The second-order valence-electron chi connectivity index (χ2n) is 6.96. The zero-order valence-electron chi connectivity index (χ0n) is 14.1. The molecule has 1 saturated heterocycles. The fraction of sp³-hybridized carbons (Fsp3) is 0.688. The number of hydrogen-bond acceptors (Lipinski definition) is 4. The van der Waals surface area contributed by atoms with Gasteiger partial charge in [0.25, 0.3) is 5.91 Å². The van der Waals surface area contributed by atoms with Crippen molar-refractivity contribution < 1.29 is 9.59 Å². The summed E-state index contributed by atoms with van der Waals surface area (Å²) in [5.41, 5.74) is 0.382. The van der Waals surface area contributed by atoms with Crippen molar-refractivity contribution in [1.82, 2.24) is 24.9 Å². The molecule has 1 saturated carbocycles. The summed E-state index contributed by atoms with van der Waals surface area (Å²) in [5.74, 6) is 0.133. The van der Waals surface area contributed by atoms with Crippen molar-refractivity contribution in [1.29, 1.82) is 0 Å². The Morgan fingerprint density at radius 2 is 2.22 bits per heavy atom. The molecule has 2 atom stereocenters. The van der Waals surface area contributed by atoms with Gasteiger partial charge in [-0.1, -0.05) is 19.8 Å². The normalized spacial score (nSPS) is 28.0. The number of nitrogens with zero attached hydrogens (tertiary/aromatic N) is 4. The molecule has 7 heteroatoms. The average molecular weight is 319 g/mol. The Hall–Kier alpha value is -1.89. The molecule has 3 amide bonds. The van der Waals surface area contributed by atoms with E-state index in [0.717, 1.165) is 31.2 Å². The number of urea groups is 1. The summed E-state index contributed by atoms with van der Waals surface area (Å²) >= 11 is 0. The SMILES string of the molecule is CC1CCCCC12NC(=O)N(CN(C)Cc1cnn(C)c1)C2=O. The molecule has 23 heavy (non-hydrogen) atoms. The molecule has 3 rings (SSSR count). The van der Waals surface area contributed by atoms with Crippen LogP contribution in [0.1, 0.15) is 38.2 Å². The number of imide groups is 1. The maximum Gasteiger partial charge on any atom is 0.326 e. The smallest absolute Gasteiger partial charge is 0.323 e. The molecule has 1 spiro atoms. The summed E-state index contributed by atoms with van der Waals surface area (Å²) in [6.45, 7) is 3.02. The van der Waals surface area contributed by atoms with E-state index in [0.29, 0.717) is 13.2 Å². The molecule has 2 fully saturated rings. The number of amides is 3. The van der Waals surface area contributed by atoms with E-state index in [2.05, 4.69) is 17.3 Å². The lowest BCUT2D eigenvalue weighted by atomic mass is 9.73. The molecule has 2 aliphatic rings. The lowest BCUT2D eigenvalue weighted by molar-refractivity contribution is -0.135. The molecule has 0 bridgehead atoms. The first-order valence-corrected chi connectivity index (χ1v) is 8.22. The van der Waals surface area contributed by atoms with Gasteiger partial charge in [-0.15, -0.1) is 0 Å². The van der Waals surface area contributed by atoms with E-state index in [1.54, 1.807) is 10.9 Å². The highest BCUT2D eigenvalue weighted by atomic mass is 16.2. The van der Waals surface area contributed by atoms with E-state index < -0.39 is 5.54 Å². The van der Waals surface area contributed by atoms with Gasteiger partial charge in [-0.25, -0.2) is 9.69 Å². The first-order valence-electron chi connectivity index (χ1n) is 8.22. The van der Waals surface area contributed by atoms with E-state index in [1.807, 2.05) is 25.2 Å². The van der Waals surface area contributed by atoms with Crippen molar-refractivity contribution in [2.75, 3.05) is 13.7 Å². The molecule has 2 unspecified atom stereocenters. The number of aryl methyl sites for hydroxylation is 1. The van der Waals surface area contributed by atoms with Crippen molar-refractivity contribution in [2.24, 2.45) is 13.0 Å². The second kappa shape index (κ2) is 5.96. The van der Waals surface area contributed by atoms with Crippen LogP contribution < -0.4 is 5.32 Å². The summed E-state index contributed by atoms with van der Waals surface area (Å²) in [5, 5.41) is 7.13. The van der Waals surface area contributed by atoms with Gasteiger partial charge >= 0.3 is 6.03 Å². The van der Waals surface area contributed by atoms with E-state index >= 15 is 0 Å². The number of aromatic nitrogens is 2. The predicted molar refractivity (Wildman–Crippen MR) is 85.3 cm³/mol. The van der Waals surface area contributed by atoms with Gasteiger partial charge in [0.05, 0.1) is 12.9 Å². The monoisotopic (exact) mass is 319 g/mol. The molecular weight excluding hydrogens is 294 g/mol. The van der Waals surface area contributed by atoms with Gasteiger partial charge in [0.2, 0.25) is 0 Å². The van der Waals surface area contributed by atoms with Gasteiger partial charge in [0, 0.05) is 25.4 Å². The number of hydrogen-bond donors (Lipinski definition) is 1. The van der Waals surface area contributed by atoms with Crippen LogP contribution in [0.5, 0.6) is 0 Å². The van der Waals surface area contributed by atoms with Gasteiger partial charge in [-0.3, -0.25) is 14.4 Å². The summed E-state index contributed by atoms with van der Waals surface area (Å²) in [6.07, 6.45) is 7.61. The van der Waals surface area contributed by atoms with E-state index in [-0.39, 0.29) is 17.9 Å². The van der Waals surface area contributed by atoms with Gasteiger partial charge < -0.3 is 5.32 Å². The van der Waals surface area contributed by atoms with Crippen molar-refractivity contribution in [3.63, 3.8) is 0 Å². The highest BCUT2D eigenvalue weighted by Crippen LogP contribution is 2.38. The Labute approximate surface area is 136 Å². The molecule has 7 nitrogen and oxygen atoms in total. The van der Waals surface area contributed by atoms with Crippen LogP contribution in [0.3, 0.4) is 0 Å². The fourth-order valence-electron chi connectivity index (χ4n) is 3.78. The Morgan fingerprint density at radius 3 is 2.87 bits per heavy atom. The van der Waals surface area contributed by atoms with Crippen molar-refractivity contribution in [2.45, 2.75) is 44.7 Å². The topological polar surface area (TPSA) is 70.5 Å². The minimum absolute atomic E-state index is 0.0623. The average Bonchev–Trinajstić information content (AvgIpc) is 3.00. The van der Waals surface area contributed by atoms with Crippen molar-refractivity contribution in [3.05, 3.63) is 18.0 Å². The minimum atomic E-state index is -0.676. The number of carbonyl (C=O) groups is 2. The quantitative estimate of drug-likeness (QED) is 0.850. The largest absolute Gasteiger partial charge is 0.326 e. The third-order valence-electron chi connectivity index (χ3n) is 5.10. The van der Waals surface area contributed by atoms with Crippen LogP contribution in [0, 0.1) is 5.92 Å². The Kier molecular flexibility index (Phi) is 4.14. The van der Waals surface area contributed by atoms with Gasteiger partial charge in [0.1, 0.15) is 5.54 Å². The van der Waals surface area contributed by atoms with Crippen LogP contribution >= 0.6 is 0 Å². The van der Waals surface area contributed by atoms with Gasteiger partial charge in [-0.2, -0.15) is 5.10 Å². The first kappa shape index (κ1) is 16.0. The number of carbonyl (C=O) groups excluding carboxylic acids is 2. The molecule has 1 N–H and O–H groups in total. The van der Waals surface area contributed by atoms with Gasteiger partial charge in [-0.05, 0) is 25.8 Å². The lowest BCUT2D eigenvalue weighted by Crippen LogP contribution is -2.54. The molecule has 126 valence electrons. The molecule has 0 radical (unpaired) electrons. The molecule has 1 aliphatic heterocycles. The predicted octanol–water partition coefficient (Wildman–Crippen LogP) is 1.31. The lowest BCUT2D eigenvalue weighted by Gasteiger charge is -2.37. The Balaban J connectivity index is 1.68. The highest BCUT2D eigenvalue weighted by molar-refractivity contribution is 6.07. The van der Waals surface area contributed by atoms with E-state index in [4.69, 9.17) is 0 Å². The zero-order valence-corrected chi connectivity index (χ0v) is 14.1. The van der Waals surface area contributed by atoms with Crippen molar-refractivity contribution >= 4 is 11.9 Å².